The van der Waals surface area contributed by atoms with Crippen LogP contribution in [0.15, 0.2) is 18.3 Å². The van der Waals surface area contributed by atoms with Crippen molar-refractivity contribution in [1.29, 1.82) is 0 Å². The molecule has 21 heavy (non-hydrogen) atoms. The molecule has 0 spiro atoms. The molecule has 7 nitrogen and oxygen atoms in total. The Labute approximate surface area is 122 Å². The summed E-state index contributed by atoms with van der Waals surface area (Å²) in [6.45, 7) is 0.649. The van der Waals surface area contributed by atoms with Crippen LogP contribution >= 0.6 is 0 Å². The molecule has 1 atom stereocenters. The second kappa shape index (κ2) is 7.03. The Hall–Kier alpha value is -2.15. The number of hydrogen-bond donors (Lipinski definition) is 2. The first-order valence-corrected chi connectivity index (χ1v) is 6.91. The Morgan fingerprint density at radius 1 is 1.43 bits per heavy atom. The Kier molecular flexibility index (Phi) is 5.10. The van der Waals surface area contributed by atoms with Gasteiger partial charge >= 0.3 is 5.97 Å². The van der Waals surface area contributed by atoms with Crippen LogP contribution in [-0.2, 0) is 14.3 Å². The van der Waals surface area contributed by atoms with E-state index in [-0.39, 0.29) is 12.5 Å². The van der Waals surface area contributed by atoms with Crippen molar-refractivity contribution in [2.45, 2.75) is 25.3 Å². The number of carbonyl (C=O) groups is 3. The van der Waals surface area contributed by atoms with Crippen LogP contribution in [-0.4, -0.2) is 53.9 Å². The van der Waals surface area contributed by atoms with Gasteiger partial charge in [0.2, 0.25) is 5.91 Å². The molecule has 1 aliphatic rings. The number of hydrogen-bond acceptors (Lipinski definition) is 5. The van der Waals surface area contributed by atoms with Crippen LogP contribution in [0.1, 0.15) is 29.8 Å². The minimum atomic E-state index is -0.475. The summed E-state index contributed by atoms with van der Waals surface area (Å²) in [4.78, 5) is 39.9. The fourth-order valence-corrected chi connectivity index (χ4v) is 2.47. The number of rotatable bonds is 4. The summed E-state index contributed by atoms with van der Waals surface area (Å²) in [6.07, 6.45) is 4.13. The second-order valence-electron chi connectivity index (χ2n) is 4.97. The van der Waals surface area contributed by atoms with E-state index < -0.39 is 17.9 Å². The van der Waals surface area contributed by atoms with Crippen molar-refractivity contribution in [1.82, 2.24) is 15.2 Å². The van der Waals surface area contributed by atoms with Gasteiger partial charge in [0, 0.05) is 6.20 Å². The standard InChI is InChI=1S/C14H19N3O4/c1-21-14(20)11-6-2-3-8-17(11)9-12(18)16-13(19)10-5-4-7-15-10/h4-5,7,11,15H,2-3,6,8-9H2,1H3,(H,16,18,19). The van der Waals surface area contributed by atoms with E-state index >= 15 is 0 Å². The maximum absolute atomic E-state index is 11.9. The molecule has 1 saturated heterocycles. The van der Waals surface area contributed by atoms with Crippen molar-refractivity contribution in [3.05, 3.63) is 24.0 Å². The first-order valence-electron chi connectivity index (χ1n) is 6.91. The molecule has 114 valence electrons. The number of piperidine rings is 1. The van der Waals surface area contributed by atoms with Gasteiger partial charge in [-0.2, -0.15) is 0 Å². The zero-order valence-electron chi connectivity index (χ0n) is 11.9. The van der Waals surface area contributed by atoms with Gasteiger partial charge in [-0.05, 0) is 31.5 Å². The molecule has 1 fully saturated rings. The van der Waals surface area contributed by atoms with E-state index in [4.69, 9.17) is 4.74 Å². The van der Waals surface area contributed by atoms with E-state index in [0.717, 1.165) is 12.8 Å². The Bertz CT molecular complexity index is 512. The number of amides is 2. The molecule has 7 heteroatoms. The Balaban J connectivity index is 1.91. The number of aromatic amines is 1. The topological polar surface area (TPSA) is 91.5 Å². The van der Waals surface area contributed by atoms with Gasteiger partial charge in [0.15, 0.2) is 0 Å². The first kappa shape index (κ1) is 15.2. The number of methoxy groups -OCH3 is 1. The number of aromatic nitrogens is 1. The van der Waals surface area contributed by atoms with Gasteiger partial charge in [0.05, 0.1) is 13.7 Å². The number of esters is 1. The lowest BCUT2D eigenvalue weighted by molar-refractivity contribution is -0.148. The van der Waals surface area contributed by atoms with E-state index in [0.29, 0.717) is 18.7 Å². The summed E-state index contributed by atoms with van der Waals surface area (Å²) >= 11 is 0. The van der Waals surface area contributed by atoms with Crippen molar-refractivity contribution >= 4 is 17.8 Å². The highest BCUT2D eigenvalue weighted by Crippen LogP contribution is 2.17. The van der Waals surface area contributed by atoms with Crippen molar-refractivity contribution in [3.8, 4) is 0 Å². The van der Waals surface area contributed by atoms with Gasteiger partial charge in [0.25, 0.3) is 5.91 Å². The van der Waals surface area contributed by atoms with Crippen molar-refractivity contribution < 1.29 is 19.1 Å². The number of nitrogens with zero attached hydrogens (tertiary/aromatic N) is 1. The summed E-state index contributed by atoms with van der Waals surface area (Å²) in [5.74, 6) is -1.24. The molecule has 2 N–H and O–H groups in total. The molecule has 0 bridgehead atoms. The predicted molar refractivity (Wildman–Crippen MR) is 74.5 cm³/mol. The number of ether oxygens (including phenoxy) is 1. The molecule has 2 heterocycles. The minimum Gasteiger partial charge on any atom is -0.468 e. The highest BCUT2D eigenvalue weighted by atomic mass is 16.5. The molecule has 1 unspecified atom stereocenters. The highest BCUT2D eigenvalue weighted by Gasteiger charge is 2.30. The van der Waals surface area contributed by atoms with Crippen LogP contribution < -0.4 is 5.32 Å². The van der Waals surface area contributed by atoms with Gasteiger partial charge < -0.3 is 9.72 Å². The fourth-order valence-electron chi connectivity index (χ4n) is 2.47. The summed E-state index contributed by atoms with van der Waals surface area (Å²) in [5, 5.41) is 2.30. The molecule has 2 rings (SSSR count). The zero-order valence-corrected chi connectivity index (χ0v) is 11.9. The summed E-state index contributed by atoms with van der Waals surface area (Å²) in [6, 6.07) is 2.85. The second-order valence-corrected chi connectivity index (χ2v) is 4.97. The molecule has 1 aliphatic heterocycles. The lowest BCUT2D eigenvalue weighted by Crippen LogP contribution is -2.50. The molecule has 0 saturated carbocycles. The molecule has 0 aliphatic carbocycles. The van der Waals surface area contributed by atoms with Crippen molar-refractivity contribution in [2.75, 3.05) is 20.2 Å². The van der Waals surface area contributed by atoms with Crippen LogP contribution in [0.3, 0.4) is 0 Å². The van der Waals surface area contributed by atoms with Gasteiger partial charge in [-0.1, -0.05) is 6.42 Å². The first-order chi connectivity index (χ1) is 10.1. The quantitative estimate of drug-likeness (QED) is 0.779. The van der Waals surface area contributed by atoms with E-state index in [9.17, 15) is 14.4 Å². The van der Waals surface area contributed by atoms with E-state index in [2.05, 4.69) is 10.3 Å². The summed E-state index contributed by atoms with van der Waals surface area (Å²) < 4.78 is 4.76. The Morgan fingerprint density at radius 2 is 2.24 bits per heavy atom. The predicted octanol–water partition coefficient (Wildman–Crippen LogP) is 0.299. The molecule has 0 radical (unpaired) electrons. The molecular formula is C14H19N3O4. The average Bonchev–Trinajstić information content (AvgIpc) is 3.01. The third-order valence-corrected chi connectivity index (χ3v) is 3.53. The number of H-pyrrole nitrogens is 1. The minimum absolute atomic E-state index is 0.00617. The number of imide groups is 1. The fraction of sp³-hybridized carbons (Fsp3) is 0.500. The van der Waals surface area contributed by atoms with Crippen LogP contribution in [0.25, 0.3) is 0 Å². The third-order valence-electron chi connectivity index (χ3n) is 3.53. The van der Waals surface area contributed by atoms with E-state index in [1.807, 2.05) is 0 Å². The van der Waals surface area contributed by atoms with Crippen LogP contribution in [0, 0.1) is 0 Å². The lowest BCUT2D eigenvalue weighted by Gasteiger charge is -2.32. The van der Waals surface area contributed by atoms with Crippen LogP contribution in [0.2, 0.25) is 0 Å². The van der Waals surface area contributed by atoms with Gasteiger partial charge in [-0.15, -0.1) is 0 Å². The monoisotopic (exact) mass is 293 g/mol. The Morgan fingerprint density at radius 3 is 2.90 bits per heavy atom. The summed E-state index contributed by atoms with van der Waals surface area (Å²) in [5.41, 5.74) is 0.325. The highest BCUT2D eigenvalue weighted by molar-refractivity contribution is 6.04. The smallest absolute Gasteiger partial charge is 0.323 e. The maximum Gasteiger partial charge on any atom is 0.323 e. The summed E-state index contributed by atoms with van der Waals surface area (Å²) in [7, 11) is 1.34. The number of carbonyl (C=O) groups excluding carboxylic acids is 3. The van der Waals surface area contributed by atoms with E-state index in [1.54, 1.807) is 23.2 Å². The number of likely N-dealkylation sites (tertiary alicyclic amines) is 1. The normalized spacial score (nSPS) is 19.0. The third kappa shape index (κ3) is 3.91. The number of nitrogens with one attached hydrogen (secondary N) is 2. The SMILES string of the molecule is COC(=O)C1CCCCN1CC(=O)NC(=O)c1ccc[nH]1. The average molecular weight is 293 g/mol. The molecule has 0 aromatic carbocycles. The molecule has 1 aromatic rings. The largest absolute Gasteiger partial charge is 0.468 e. The van der Waals surface area contributed by atoms with Crippen molar-refractivity contribution in [3.63, 3.8) is 0 Å². The van der Waals surface area contributed by atoms with Crippen LogP contribution in [0.4, 0.5) is 0 Å². The van der Waals surface area contributed by atoms with Crippen molar-refractivity contribution in [2.24, 2.45) is 0 Å². The van der Waals surface area contributed by atoms with Gasteiger partial charge in [0.1, 0.15) is 11.7 Å². The van der Waals surface area contributed by atoms with Gasteiger partial charge in [-0.25, -0.2) is 0 Å². The molecule has 2 amide bonds. The van der Waals surface area contributed by atoms with Crippen LogP contribution in [0.5, 0.6) is 0 Å². The molecular weight excluding hydrogens is 274 g/mol. The zero-order chi connectivity index (χ0) is 15.2. The maximum atomic E-state index is 11.9. The van der Waals surface area contributed by atoms with E-state index in [1.165, 1.54) is 7.11 Å². The lowest BCUT2D eigenvalue weighted by atomic mass is 10.0. The molecule has 1 aromatic heterocycles. The van der Waals surface area contributed by atoms with Gasteiger partial charge in [-0.3, -0.25) is 24.6 Å².